The molecular weight excluding hydrogens is 314 g/mol. The molecule has 0 saturated heterocycles. The summed E-state index contributed by atoms with van der Waals surface area (Å²) in [6.45, 7) is 3.52. The average Bonchev–Trinajstić information content (AvgIpc) is 2.65. The van der Waals surface area contributed by atoms with E-state index in [2.05, 4.69) is 46.8 Å². The van der Waals surface area contributed by atoms with Gasteiger partial charge in [0.15, 0.2) is 5.96 Å². The molecule has 0 aliphatic heterocycles. The van der Waals surface area contributed by atoms with Crippen molar-refractivity contribution in [2.75, 3.05) is 27.8 Å². The van der Waals surface area contributed by atoms with Crippen LogP contribution >= 0.6 is 0 Å². The summed E-state index contributed by atoms with van der Waals surface area (Å²) in [4.78, 5) is 4.27. The highest BCUT2D eigenvalue weighted by atomic mass is 16.5. The number of benzene rings is 2. The number of aliphatic imine (C=N–C) groups is 1. The van der Waals surface area contributed by atoms with Crippen molar-refractivity contribution < 1.29 is 9.47 Å². The van der Waals surface area contributed by atoms with Gasteiger partial charge in [-0.05, 0) is 42.7 Å². The number of methoxy groups -OCH3 is 2. The maximum Gasteiger partial charge on any atom is 0.191 e. The third kappa shape index (κ3) is 5.71. The van der Waals surface area contributed by atoms with Crippen LogP contribution in [0.4, 0.5) is 0 Å². The molecule has 0 aliphatic carbocycles. The van der Waals surface area contributed by atoms with E-state index in [0.717, 1.165) is 36.0 Å². The third-order valence-electron chi connectivity index (χ3n) is 3.98. The highest BCUT2D eigenvalue weighted by molar-refractivity contribution is 5.79. The van der Waals surface area contributed by atoms with E-state index in [0.29, 0.717) is 6.54 Å². The number of rotatable bonds is 7. The van der Waals surface area contributed by atoms with E-state index in [9.17, 15) is 0 Å². The Bertz CT molecular complexity index is 697. The molecule has 2 aromatic carbocycles. The Kier molecular flexibility index (Phi) is 7.14. The lowest BCUT2D eigenvalue weighted by Gasteiger charge is -2.14. The lowest BCUT2D eigenvalue weighted by Crippen LogP contribution is -2.37. The van der Waals surface area contributed by atoms with E-state index in [1.807, 2.05) is 18.2 Å². The number of hydrogen-bond acceptors (Lipinski definition) is 3. The molecule has 0 amide bonds. The Morgan fingerprint density at radius 2 is 1.76 bits per heavy atom. The van der Waals surface area contributed by atoms with Crippen molar-refractivity contribution in [3.05, 3.63) is 59.2 Å². The first kappa shape index (κ1) is 18.6. The summed E-state index contributed by atoms with van der Waals surface area (Å²) in [6.07, 6.45) is 0.915. The number of aryl methyl sites for hydroxylation is 1. The molecule has 2 aromatic rings. The fourth-order valence-corrected chi connectivity index (χ4v) is 2.51. The van der Waals surface area contributed by atoms with E-state index in [4.69, 9.17) is 9.47 Å². The summed E-state index contributed by atoms with van der Waals surface area (Å²) >= 11 is 0. The van der Waals surface area contributed by atoms with Crippen LogP contribution in [0.2, 0.25) is 0 Å². The van der Waals surface area contributed by atoms with Gasteiger partial charge in [0.2, 0.25) is 0 Å². The molecule has 0 unspecified atom stereocenters. The maximum absolute atomic E-state index is 5.44. The van der Waals surface area contributed by atoms with Gasteiger partial charge in [-0.3, -0.25) is 4.99 Å². The van der Waals surface area contributed by atoms with Gasteiger partial charge in [-0.2, -0.15) is 0 Å². The first-order chi connectivity index (χ1) is 12.2. The molecule has 0 saturated carbocycles. The number of nitrogens with zero attached hydrogens (tertiary/aromatic N) is 1. The minimum absolute atomic E-state index is 0.658. The zero-order valence-corrected chi connectivity index (χ0v) is 15.4. The van der Waals surface area contributed by atoms with Crippen LogP contribution < -0.4 is 20.1 Å². The molecule has 134 valence electrons. The van der Waals surface area contributed by atoms with Crippen molar-refractivity contribution in [2.45, 2.75) is 19.9 Å². The van der Waals surface area contributed by atoms with Crippen molar-refractivity contribution in [3.63, 3.8) is 0 Å². The number of nitrogens with one attached hydrogen (secondary N) is 2. The quantitative estimate of drug-likeness (QED) is 0.601. The van der Waals surface area contributed by atoms with Gasteiger partial charge in [0.25, 0.3) is 0 Å². The zero-order chi connectivity index (χ0) is 18.1. The van der Waals surface area contributed by atoms with Crippen LogP contribution in [-0.4, -0.2) is 33.8 Å². The smallest absolute Gasteiger partial charge is 0.191 e. The average molecular weight is 341 g/mol. The standard InChI is InChI=1S/C20H27N3O2/c1-15-5-8-17(19(13-15)25-4)14-23-20(21-2)22-12-11-16-6-9-18(24-3)10-7-16/h5-10,13H,11-12,14H2,1-4H3,(H2,21,22,23). The van der Waals surface area contributed by atoms with Gasteiger partial charge in [-0.1, -0.05) is 24.3 Å². The van der Waals surface area contributed by atoms with Crippen molar-refractivity contribution >= 4 is 5.96 Å². The molecule has 0 radical (unpaired) electrons. The van der Waals surface area contributed by atoms with Gasteiger partial charge in [-0.15, -0.1) is 0 Å². The van der Waals surface area contributed by atoms with Crippen LogP contribution in [0.5, 0.6) is 11.5 Å². The van der Waals surface area contributed by atoms with Gasteiger partial charge >= 0.3 is 0 Å². The van der Waals surface area contributed by atoms with E-state index < -0.39 is 0 Å². The molecule has 0 heterocycles. The number of guanidine groups is 1. The summed E-state index contributed by atoms with van der Waals surface area (Å²) in [7, 11) is 5.14. The molecule has 0 aliphatic rings. The normalized spacial score (nSPS) is 11.1. The SMILES string of the molecule is CN=C(NCCc1ccc(OC)cc1)NCc1ccc(C)cc1OC. The maximum atomic E-state index is 5.44. The lowest BCUT2D eigenvalue weighted by molar-refractivity contribution is 0.408. The van der Waals surface area contributed by atoms with E-state index in [-0.39, 0.29) is 0 Å². The van der Waals surface area contributed by atoms with Crippen LogP contribution in [0.25, 0.3) is 0 Å². The topological polar surface area (TPSA) is 54.9 Å². The van der Waals surface area contributed by atoms with Crippen molar-refractivity contribution in [3.8, 4) is 11.5 Å². The molecule has 0 spiro atoms. The summed E-state index contributed by atoms with van der Waals surface area (Å²) in [5.74, 6) is 2.54. The van der Waals surface area contributed by atoms with Crippen LogP contribution in [0, 0.1) is 6.92 Å². The van der Waals surface area contributed by atoms with Gasteiger partial charge in [0, 0.05) is 25.7 Å². The molecule has 0 atom stereocenters. The zero-order valence-electron chi connectivity index (χ0n) is 15.4. The van der Waals surface area contributed by atoms with Gasteiger partial charge < -0.3 is 20.1 Å². The fraction of sp³-hybridized carbons (Fsp3) is 0.350. The predicted octanol–water partition coefficient (Wildman–Crippen LogP) is 2.92. The first-order valence-electron chi connectivity index (χ1n) is 8.37. The molecule has 0 aromatic heterocycles. The van der Waals surface area contributed by atoms with E-state index >= 15 is 0 Å². The Morgan fingerprint density at radius 3 is 2.40 bits per heavy atom. The van der Waals surface area contributed by atoms with E-state index in [1.165, 1.54) is 11.1 Å². The molecular formula is C20H27N3O2. The Morgan fingerprint density at radius 1 is 1.00 bits per heavy atom. The van der Waals surface area contributed by atoms with Crippen molar-refractivity contribution in [1.29, 1.82) is 0 Å². The molecule has 5 heteroatoms. The molecule has 2 N–H and O–H groups in total. The molecule has 2 rings (SSSR count). The summed E-state index contributed by atoms with van der Waals surface area (Å²) in [5, 5.41) is 6.66. The monoisotopic (exact) mass is 341 g/mol. The van der Waals surface area contributed by atoms with E-state index in [1.54, 1.807) is 21.3 Å². The fourth-order valence-electron chi connectivity index (χ4n) is 2.51. The van der Waals surface area contributed by atoms with Crippen LogP contribution in [0.15, 0.2) is 47.5 Å². The van der Waals surface area contributed by atoms with Gasteiger partial charge in [0.1, 0.15) is 11.5 Å². The predicted molar refractivity (Wildman–Crippen MR) is 103 cm³/mol. The van der Waals surface area contributed by atoms with Crippen molar-refractivity contribution in [2.24, 2.45) is 4.99 Å². The molecule has 25 heavy (non-hydrogen) atoms. The minimum atomic E-state index is 0.658. The second kappa shape index (κ2) is 9.57. The number of ether oxygens (including phenoxy) is 2. The Balaban J connectivity index is 1.82. The van der Waals surface area contributed by atoms with Crippen molar-refractivity contribution in [1.82, 2.24) is 10.6 Å². The van der Waals surface area contributed by atoms with Crippen LogP contribution in [0.3, 0.4) is 0 Å². The minimum Gasteiger partial charge on any atom is -0.497 e. The number of hydrogen-bond donors (Lipinski definition) is 2. The second-order valence-corrected chi connectivity index (χ2v) is 5.77. The lowest BCUT2D eigenvalue weighted by atomic mass is 10.1. The summed E-state index contributed by atoms with van der Waals surface area (Å²) in [6, 6.07) is 14.3. The summed E-state index contributed by atoms with van der Waals surface area (Å²) in [5.41, 5.74) is 3.54. The van der Waals surface area contributed by atoms with Crippen LogP contribution in [0.1, 0.15) is 16.7 Å². The first-order valence-corrected chi connectivity index (χ1v) is 8.37. The van der Waals surface area contributed by atoms with Crippen LogP contribution in [-0.2, 0) is 13.0 Å². The van der Waals surface area contributed by atoms with Gasteiger partial charge in [0.05, 0.1) is 14.2 Å². The largest absolute Gasteiger partial charge is 0.497 e. The Hall–Kier alpha value is -2.69. The highest BCUT2D eigenvalue weighted by Gasteiger charge is 2.04. The molecule has 0 fully saturated rings. The summed E-state index contributed by atoms with van der Waals surface area (Å²) < 4.78 is 10.6. The molecule has 0 bridgehead atoms. The Labute approximate surface area is 150 Å². The molecule has 5 nitrogen and oxygen atoms in total. The second-order valence-electron chi connectivity index (χ2n) is 5.77. The van der Waals surface area contributed by atoms with Gasteiger partial charge in [-0.25, -0.2) is 0 Å². The third-order valence-corrected chi connectivity index (χ3v) is 3.98. The highest BCUT2D eigenvalue weighted by Crippen LogP contribution is 2.19.